The van der Waals surface area contributed by atoms with E-state index in [1.165, 1.54) is 14.0 Å². The van der Waals surface area contributed by atoms with Gasteiger partial charge in [-0.05, 0) is 20.8 Å². The van der Waals surface area contributed by atoms with Crippen LogP contribution in [0, 0.1) is 0 Å². The molecule has 0 aliphatic heterocycles. The Kier molecular flexibility index (Phi) is 5.39. The monoisotopic (exact) mass is 312 g/mol. The number of ether oxygens (including phenoxy) is 2. The highest BCUT2D eigenvalue weighted by Gasteiger charge is 2.43. The van der Waals surface area contributed by atoms with E-state index < -0.39 is 34.9 Å². The molecule has 0 saturated carbocycles. The van der Waals surface area contributed by atoms with Crippen LogP contribution in [0.4, 0.5) is 0 Å². The van der Waals surface area contributed by atoms with Gasteiger partial charge in [0.2, 0.25) is 0 Å². The summed E-state index contributed by atoms with van der Waals surface area (Å²) in [5, 5.41) is 10.3. The Morgan fingerprint density at radius 1 is 1.47 bits per heavy atom. The van der Waals surface area contributed by atoms with Gasteiger partial charge in [0, 0.05) is 10.7 Å². The minimum atomic E-state index is -2.00. The Hall–Kier alpha value is -0.620. The normalized spacial score (nSPS) is 17.6. The summed E-state index contributed by atoms with van der Waals surface area (Å²) < 4.78 is 15.7. The van der Waals surface area contributed by atoms with Crippen LogP contribution in [-0.2, 0) is 19.1 Å². The number of esters is 2. The van der Waals surface area contributed by atoms with Crippen LogP contribution < -0.4 is 0 Å². The zero-order chi connectivity index (χ0) is 14.6. The van der Waals surface area contributed by atoms with Crippen LogP contribution in [0.25, 0.3) is 0 Å². The summed E-state index contributed by atoms with van der Waals surface area (Å²) in [6.07, 6.45) is -0.551. The Bertz CT molecular complexity index is 313. The third-order valence-corrected chi connectivity index (χ3v) is 2.26. The van der Waals surface area contributed by atoms with Gasteiger partial charge >= 0.3 is 11.9 Å². The molecule has 2 unspecified atom stereocenters. The second kappa shape index (κ2) is 6.35. The molecule has 0 bridgehead atoms. The van der Waals surface area contributed by atoms with Gasteiger partial charge in [-0.15, -0.1) is 0 Å². The van der Waals surface area contributed by atoms with Gasteiger partial charge in [-0.2, -0.15) is 0 Å². The van der Waals surface area contributed by atoms with Crippen LogP contribution in [0.3, 0.4) is 0 Å². The minimum absolute atomic E-state index is 0.0410. The summed E-state index contributed by atoms with van der Waals surface area (Å²) in [7, 11) is 1.17. The highest BCUT2D eigenvalue weighted by molar-refractivity contribution is 9.10. The highest BCUT2D eigenvalue weighted by atomic mass is 79.9. The quantitative estimate of drug-likeness (QED) is 0.593. The molecule has 0 aromatic carbocycles. The first-order chi connectivity index (χ1) is 8.00. The Morgan fingerprint density at radius 2 is 2.00 bits per heavy atom. The van der Waals surface area contributed by atoms with Crippen molar-refractivity contribution in [2.45, 2.75) is 43.5 Å². The van der Waals surface area contributed by atoms with Crippen molar-refractivity contribution in [3.63, 3.8) is 0 Å². The third kappa shape index (κ3) is 6.02. The maximum atomic E-state index is 11.8. The zero-order valence-electron chi connectivity index (χ0n) is 11.4. The number of carbonyl (C=O) groups is 2. The predicted octanol–water partition coefficient (Wildman–Crippen LogP) is 1.41. The molecule has 1 N–H and O–H groups in total. The lowest BCUT2D eigenvalue weighted by atomic mass is 9.89. The maximum Gasteiger partial charge on any atom is 0.338 e. The molecule has 0 saturated heterocycles. The SMILES string of the molecule is [3H]C(C)OC(=O)C(O)(CC(=O)OC)CC(C)(C)Br. The molecule has 0 aromatic rings. The van der Waals surface area contributed by atoms with Crippen molar-refractivity contribution in [1.29, 1.82) is 0 Å². The lowest BCUT2D eigenvalue weighted by Crippen LogP contribution is -2.46. The van der Waals surface area contributed by atoms with Crippen molar-refractivity contribution in [2.75, 3.05) is 13.7 Å². The first-order valence-electron chi connectivity index (χ1n) is 5.69. The predicted molar refractivity (Wildman–Crippen MR) is 65.8 cm³/mol. The molecule has 0 spiro atoms. The van der Waals surface area contributed by atoms with E-state index in [1.54, 1.807) is 13.8 Å². The van der Waals surface area contributed by atoms with Gasteiger partial charge in [-0.3, -0.25) is 4.79 Å². The Balaban J connectivity index is 5.01. The summed E-state index contributed by atoms with van der Waals surface area (Å²) in [6, 6.07) is 0. The molecule has 17 heavy (non-hydrogen) atoms. The van der Waals surface area contributed by atoms with Crippen molar-refractivity contribution in [3.8, 4) is 0 Å². The standard InChI is InChI=1S/C11H19BrO5/c1-5-17-9(14)11(15,6-8(13)16-4)7-10(2,3)12/h15H,5-7H2,1-4H3/i5T. The van der Waals surface area contributed by atoms with Crippen LogP contribution in [0.2, 0.25) is 0 Å². The molecule has 0 aliphatic carbocycles. The summed E-state index contributed by atoms with van der Waals surface area (Å²) >= 11 is 3.29. The number of rotatable bonds is 6. The fraction of sp³-hybridized carbons (Fsp3) is 0.818. The summed E-state index contributed by atoms with van der Waals surface area (Å²) in [5.41, 5.74) is -2.00. The van der Waals surface area contributed by atoms with Crippen molar-refractivity contribution in [2.24, 2.45) is 0 Å². The number of carbonyl (C=O) groups excluding carboxylic acids is 2. The van der Waals surface area contributed by atoms with E-state index in [2.05, 4.69) is 25.4 Å². The molecular weight excluding hydrogens is 292 g/mol. The van der Waals surface area contributed by atoms with E-state index in [4.69, 9.17) is 1.37 Å². The summed E-state index contributed by atoms with van der Waals surface area (Å²) in [6.45, 7) is 3.72. The number of hydrogen-bond donors (Lipinski definition) is 1. The largest absolute Gasteiger partial charge is 0.469 e. The number of methoxy groups -OCH3 is 1. The maximum absolute atomic E-state index is 11.8. The van der Waals surface area contributed by atoms with Crippen molar-refractivity contribution in [1.82, 2.24) is 0 Å². The molecule has 5 nitrogen and oxygen atoms in total. The van der Waals surface area contributed by atoms with Crippen LogP contribution >= 0.6 is 15.9 Å². The van der Waals surface area contributed by atoms with E-state index in [9.17, 15) is 14.7 Å². The van der Waals surface area contributed by atoms with E-state index in [0.29, 0.717) is 0 Å². The molecule has 100 valence electrons. The Morgan fingerprint density at radius 3 is 2.35 bits per heavy atom. The molecule has 0 radical (unpaired) electrons. The van der Waals surface area contributed by atoms with Crippen LogP contribution in [0.1, 0.15) is 35.0 Å². The lowest BCUT2D eigenvalue weighted by Gasteiger charge is -2.30. The van der Waals surface area contributed by atoms with Gasteiger partial charge in [0.05, 0.1) is 21.5 Å². The second-order valence-corrected chi connectivity index (χ2v) is 6.47. The zero-order valence-corrected chi connectivity index (χ0v) is 12.0. The molecule has 0 aromatic heterocycles. The highest BCUT2D eigenvalue weighted by Crippen LogP contribution is 2.31. The van der Waals surface area contributed by atoms with Gasteiger partial charge in [-0.25, -0.2) is 4.79 Å². The van der Waals surface area contributed by atoms with Gasteiger partial charge in [0.15, 0.2) is 5.60 Å². The second-order valence-electron chi connectivity index (χ2n) is 4.32. The average Bonchev–Trinajstić information content (AvgIpc) is 2.13. The number of halogens is 1. The topological polar surface area (TPSA) is 72.8 Å². The fourth-order valence-electron chi connectivity index (χ4n) is 1.43. The van der Waals surface area contributed by atoms with E-state index >= 15 is 0 Å². The molecule has 6 heteroatoms. The van der Waals surface area contributed by atoms with E-state index in [1.807, 2.05) is 0 Å². The summed E-state index contributed by atoms with van der Waals surface area (Å²) in [4.78, 5) is 23.0. The van der Waals surface area contributed by atoms with Gasteiger partial charge < -0.3 is 14.6 Å². The van der Waals surface area contributed by atoms with Gasteiger partial charge in [-0.1, -0.05) is 15.9 Å². The molecular formula is C11H19BrO5. The number of alkyl halides is 1. The van der Waals surface area contributed by atoms with Crippen LogP contribution in [-0.4, -0.2) is 40.7 Å². The smallest absolute Gasteiger partial charge is 0.338 e. The molecule has 0 heterocycles. The first kappa shape index (κ1) is 14.4. The van der Waals surface area contributed by atoms with Crippen LogP contribution in [0.15, 0.2) is 0 Å². The molecule has 0 aliphatic rings. The molecule has 0 rings (SSSR count). The first-order valence-corrected chi connectivity index (χ1v) is 5.91. The van der Waals surface area contributed by atoms with E-state index in [-0.39, 0.29) is 6.42 Å². The number of hydrogen-bond acceptors (Lipinski definition) is 5. The molecule has 0 fully saturated rings. The Labute approximate surface area is 111 Å². The summed E-state index contributed by atoms with van der Waals surface area (Å²) in [5.74, 6) is -1.72. The number of aliphatic hydroxyl groups is 1. The van der Waals surface area contributed by atoms with Crippen molar-refractivity contribution >= 4 is 27.9 Å². The third-order valence-electron chi connectivity index (χ3n) is 1.98. The van der Waals surface area contributed by atoms with Crippen molar-refractivity contribution in [3.05, 3.63) is 0 Å². The van der Waals surface area contributed by atoms with Crippen LogP contribution in [0.5, 0.6) is 0 Å². The van der Waals surface area contributed by atoms with Crippen molar-refractivity contribution < 1.29 is 25.5 Å². The van der Waals surface area contributed by atoms with Gasteiger partial charge in [0.25, 0.3) is 0 Å². The van der Waals surface area contributed by atoms with Gasteiger partial charge in [0.1, 0.15) is 0 Å². The molecule has 2 atom stereocenters. The molecule has 0 amide bonds. The van der Waals surface area contributed by atoms with E-state index in [0.717, 1.165) is 0 Å². The fourth-order valence-corrected chi connectivity index (χ4v) is 1.89. The average molecular weight is 313 g/mol. The lowest BCUT2D eigenvalue weighted by molar-refractivity contribution is -0.172. The minimum Gasteiger partial charge on any atom is -0.469 e.